The van der Waals surface area contributed by atoms with E-state index >= 15 is 0 Å². The molecule has 0 radical (unpaired) electrons. The summed E-state index contributed by atoms with van der Waals surface area (Å²) in [6.45, 7) is 1.97. The van der Waals surface area contributed by atoms with Gasteiger partial charge in [-0.3, -0.25) is 20.1 Å². The number of benzene rings is 1. The molecule has 0 saturated carbocycles. The number of nitrogens with one attached hydrogen (secondary N) is 1. The number of pyridine rings is 1. The average molecular weight is 295 g/mol. The fraction of sp³-hybridized carbons (Fsp3) is 0.0625. The van der Waals surface area contributed by atoms with Crippen molar-refractivity contribution in [3.8, 4) is 0 Å². The average Bonchev–Trinajstić information content (AvgIpc) is 2.74. The van der Waals surface area contributed by atoms with Crippen molar-refractivity contribution >= 4 is 34.6 Å². The summed E-state index contributed by atoms with van der Waals surface area (Å²) in [5.41, 5.74) is 2.64. The molecule has 2 heterocycles. The molecule has 1 fully saturated rings. The number of anilines is 1. The van der Waals surface area contributed by atoms with Crippen LogP contribution in [0.5, 0.6) is 0 Å². The van der Waals surface area contributed by atoms with E-state index in [0.29, 0.717) is 4.91 Å². The number of rotatable bonds is 2. The zero-order valence-corrected chi connectivity index (χ0v) is 12.2. The topological polar surface area (TPSA) is 57.1 Å². The highest BCUT2D eigenvalue weighted by Gasteiger charge is 2.33. The second-order valence-electron chi connectivity index (χ2n) is 4.68. The standard InChI is InChI=1S/C16H13N3OS/c1-11-4-2-6-13(8-11)19-15(20)14(21-16(19)17)9-12-5-3-7-18-10-12/h2-10,17H,1H3/b14-9-,17-16?. The normalized spacial score (nSPS) is 16.8. The Kier molecular flexibility index (Phi) is 3.58. The van der Waals surface area contributed by atoms with E-state index in [1.165, 1.54) is 16.7 Å². The van der Waals surface area contributed by atoms with E-state index in [0.717, 1.165) is 16.8 Å². The Bertz CT molecular complexity index is 740. The first-order valence-electron chi connectivity index (χ1n) is 6.44. The summed E-state index contributed by atoms with van der Waals surface area (Å²) in [5.74, 6) is -0.167. The van der Waals surface area contributed by atoms with Gasteiger partial charge in [-0.25, -0.2) is 0 Å². The van der Waals surface area contributed by atoms with Gasteiger partial charge in [-0.2, -0.15) is 0 Å². The van der Waals surface area contributed by atoms with Gasteiger partial charge in [0.05, 0.1) is 10.6 Å². The summed E-state index contributed by atoms with van der Waals surface area (Å²) in [7, 11) is 0. The van der Waals surface area contributed by atoms with Crippen LogP contribution in [-0.2, 0) is 4.79 Å². The van der Waals surface area contributed by atoms with E-state index < -0.39 is 0 Å². The van der Waals surface area contributed by atoms with E-state index in [4.69, 9.17) is 5.41 Å². The highest BCUT2D eigenvalue weighted by atomic mass is 32.2. The molecular weight excluding hydrogens is 282 g/mol. The van der Waals surface area contributed by atoms with Crippen molar-refractivity contribution in [1.82, 2.24) is 4.98 Å². The molecule has 1 aliphatic rings. The summed E-state index contributed by atoms with van der Waals surface area (Å²) >= 11 is 1.17. The van der Waals surface area contributed by atoms with Crippen LogP contribution in [-0.4, -0.2) is 16.1 Å². The smallest absolute Gasteiger partial charge is 0.271 e. The second-order valence-corrected chi connectivity index (χ2v) is 5.71. The Hall–Kier alpha value is -2.40. The third-order valence-corrected chi connectivity index (χ3v) is 3.95. The van der Waals surface area contributed by atoms with Crippen LogP contribution in [0.25, 0.3) is 6.08 Å². The molecule has 2 aromatic rings. The molecule has 1 aromatic heterocycles. The van der Waals surface area contributed by atoms with Crippen LogP contribution in [0, 0.1) is 12.3 Å². The van der Waals surface area contributed by atoms with Crippen molar-refractivity contribution in [2.45, 2.75) is 6.92 Å². The molecule has 3 rings (SSSR count). The summed E-state index contributed by atoms with van der Waals surface area (Å²) in [6, 6.07) is 11.3. The number of carbonyl (C=O) groups is 1. The first-order valence-corrected chi connectivity index (χ1v) is 7.26. The first-order chi connectivity index (χ1) is 10.1. The maximum absolute atomic E-state index is 12.5. The lowest BCUT2D eigenvalue weighted by molar-refractivity contribution is -0.113. The minimum atomic E-state index is -0.167. The summed E-state index contributed by atoms with van der Waals surface area (Å²) in [4.78, 5) is 18.5. The number of aromatic nitrogens is 1. The SMILES string of the molecule is Cc1cccc(N2C(=N)S/C(=C\c3cccnc3)C2=O)c1. The van der Waals surface area contributed by atoms with Gasteiger partial charge in [-0.05, 0) is 54.1 Å². The monoisotopic (exact) mass is 295 g/mol. The van der Waals surface area contributed by atoms with E-state index in [1.807, 2.05) is 43.3 Å². The lowest BCUT2D eigenvalue weighted by Gasteiger charge is -2.14. The van der Waals surface area contributed by atoms with Crippen LogP contribution in [0.15, 0.2) is 53.7 Å². The predicted octanol–water partition coefficient (Wildman–Crippen LogP) is 3.45. The second kappa shape index (κ2) is 5.54. The van der Waals surface area contributed by atoms with Gasteiger partial charge in [0.25, 0.3) is 5.91 Å². The van der Waals surface area contributed by atoms with E-state index in [-0.39, 0.29) is 11.1 Å². The van der Waals surface area contributed by atoms with Crippen molar-refractivity contribution in [2.75, 3.05) is 4.90 Å². The van der Waals surface area contributed by atoms with Crippen molar-refractivity contribution < 1.29 is 4.79 Å². The van der Waals surface area contributed by atoms with Crippen LogP contribution >= 0.6 is 11.8 Å². The number of amides is 1. The van der Waals surface area contributed by atoms with Crippen LogP contribution in [0.4, 0.5) is 5.69 Å². The van der Waals surface area contributed by atoms with Crippen molar-refractivity contribution in [2.24, 2.45) is 0 Å². The Labute approximate surface area is 127 Å². The van der Waals surface area contributed by atoms with Gasteiger partial charge in [0, 0.05) is 12.4 Å². The van der Waals surface area contributed by atoms with Crippen molar-refractivity contribution in [3.05, 3.63) is 64.8 Å². The number of thioether (sulfide) groups is 1. The first kappa shape index (κ1) is 13.6. The Morgan fingerprint density at radius 3 is 2.86 bits per heavy atom. The molecule has 0 bridgehead atoms. The fourth-order valence-corrected chi connectivity index (χ4v) is 2.96. The Morgan fingerprint density at radius 2 is 2.14 bits per heavy atom. The van der Waals surface area contributed by atoms with Gasteiger partial charge in [-0.1, -0.05) is 18.2 Å². The largest absolute Gasteiger partial charge is 0.278 e. The zero-order valence-electron chi connectivity index (χ0n) is 11.4. The molecule has 1 aliphatic heterocycles. The van der Waals surface area contributed by atoms with Crippen LogP contribution in [0.1, 0.15) is 11.1 Å². The summed E-state index contributed by atoms with van der Waals surface area (Å²) in [6.07, 6.45) is 5.15. The predicted molar refractivity (Wildman–Crippen MR) is 86.2 cm³/mol. The quantitative estimate of drug-likeness (QED) is 0.863. The van der Waals surface area contributed by atoms with Crippen molar-refractivity contribution in [3.63, 3.8) is 0 Å². The molecule has 0 atom stereocenters. The van der Waals surface area contributed by atoms with Gasteiger partial charge >= 0.3 is 0 Å². The van der Waals surface area contributed by atoms with Gasteiger partial charge in [0.2, 0.25) is 0 Å². The van der Waals surface area contributed by atoms with Gasteiger partial charge < -0.3 is 0 Å². The number of hydrogen-bond donors (Lipinski definition) is 1. The van der Waals surface area contributed by atoms with Gasteiger partial charge in [0.1, 0.15) is 0 Å². The molecule has 21 heavy (non-hydrogen) atoms. The van der Waals surface area contributed by atoms with E-state index in [9.17, 15) is 4.79 Å². The Balaban J connectivity index is 1.94. The number of nitrogens with zero attached hydrogens (tertiary/aromatic N) is 2. The van der Waals surface area contributed by atoms with Crippen molar-refractivity contribution in [1.29, 1.82) is 5.41 Å². The molecular formula is C16H13N3OS. The molecule has 1 amide bonds. The molecule has 104 valence electrons. The summed E-state index contributed by atoms with van der Waals surface area (Å²) < 4.78 is 0. The highest BCUT2D eigenvalue weighted by molar-refractivity contribution is 8.19. The van der Waals surface area contributed by atoms with Gasteiger partial charge in [0.15, 0.2) is 5.17 Å². The summed E-state index contributed by atoms with van der Waals surface area (Å²) in [5, 5.41) is 8.28. The fourth-order valence-electron chi connectivity index (χ4n) is 2.10. The highest BCUT2D eigenvalue weighted by Crippen LogP contribution is 2.35. The molecule has 1 N–H and O–H groups in total. The minimum Gasteiger partial charge on any atom is -0.278 e. The molecule has 1 aromatic carbocycles. The van der Waals surface area contributed by atoms with Gasteiger partial charge in [-0.15, -0.1) is 0 Å². The number of hydrogen-bond acceptors (Lipinski definition) is 4. The third-order valence-electron chi connectivity index (χ3n) is 3.07. The maximum atomic E-state index is 12.5. The molecule has 1 saturated heterocycles. The lowest BCUT2D eigenvalue weighted by atomic mass is 10.2. The minimum absolute atomic E-state index is 0.167. The van der Waals surface area contributed by atoms with E-state index in [2.05, 4.69) is 4.98 Å². The van der Waals surface area contributed by atoms with Crippen LogP contribution in [0.3, 0.4) is 0 Å². The van der Waals surface area contributed by atoms with Crippen LogP contribution in [0.2, 0.25) is 0 Å². The van der Waals surface area contributed by atoms with Crippen LogP contribution < -0.4 is 4.90 Å². The number of amidine groups is 1. The lowest BCUT2D eigenvalue weighted by Crippen LogP contribution is -2.28. The molecule has 0 spiro atoms. The molecule has 0 unspecified atom stereocenters. The third kappa shape index (κ3) is 2.73. The molecule has 4 nitrogen and oxygen atoms in total. The number of carbonyl (C=O) groups excluding carboxylic acids is 1. The molecule has 5 heteroatoms. The Morgan fingerprint density at radius 1 is 1.29 bits per heavy atom. The van der Waals surface area contributed by atoms with E-state index in [1.54, 1.807) is 18.5 Å². The molecule has 0 aliphatic carbocycles. The number of aryl methyl sites for hydroxylation is 1. The zero-order chi connectivity index (χ0) is 14.8. The maximum Gasteiger partial charge on any atom is 0.271 e.